The van der Waals surface area contributed by atoms with Crippen LogP contribution in [-0.2, 0) is 9.53 Å². The van der Waals surface area contributed by atoms with Crippen LogP contribution in [0.25, 0.3) is 0 Å². The molecule has 0 aromatic heterocycles. The molecule has 2 N–H and O–H groups in total. The van der Waals surface area contributed by atoms with Gasteiger partial charge in [0.25, 0.3) is 5.91 Å². The van der Waals surface area contributed by atoms with E-state index < -0.39 is 0 Å². The molecule has 0 bridgehead atoms. The zero-order chi connectivity index (χ0) is 18.4. The van der Waals surface area contributed by atoms with Crippen molar-refractivity contribution in [3.63, 3.8) is 0 Å². The number of hydrogen-bond donors (Lipinski definition) is 2. The molecule has 0 radical (unpaired) electrons. The van der Waals surface area contributed by atoms with Crippen LogP contribution in [0.4, 0.5) is 5.69 Å². The number of piperidine rings is 1. The zero-order valence-corrected chi connectivity index (χ0v) is 15.5. The predicted octanol–water partition coefficient (Wildman–Crippen LogP) is 2.27. The molecule has 2 fully saturated rings. The summed E-state index contributed by atoms with van der Waals surface area (Å²) in [6, 6.07) is 7.36. The number of nitrogens with zero attached hydrogens (tertiary/aromatic N) is 1. The molecule has 0 saturated carbocycles. The molecule has 1 aromatic carbocycles. The van der Waals surface area contributed by atoms with Gasteiger partial charge in [-0.2, -0.15) is 0 Å². The molecule has 0 spiro atoms. The minimum Gasteiger partial charge on any atom is -0.376 e. The average molecular weight is 359 g/mol. The summed E-state index contributed by atoms with van der Waals surface area (Å²) in [6.45, 7) is 5.49. The molecule has 6 nitrogen and oxygen atoms in total. The molecule has 142 valence electrons. The number of amides is 2. The first-order valence-corrected chi connectivity index (χ1v) is 9.63. The predicted molar refractivity (Wildman–Crippen MR) is 101 cm³/mol. The van der Waals surface area contributed by atoms with E-state index in [0.29, 0.717) is 18.0 Å². The first kappa shape index (κ1) is 18.7. The number of benzene rings is 1. The summed E-state index contributed by atoms with van der Waals surface area (Å²) in [5.41, 5.74) is 1.54. The highest BCUT2D eigenvalue weighted by atomic mass is 16.5. The van der Waals surface area contributed by atoms with Gasteiger partial charge in [-0.05, 0) is 55.9 Å². The van der Waals surface area contributed by atoms with Crippen molar-refractivity contribution in [2.45, 2.75) is 38.7 Å². The van der Waals surface area contributed by atoms with Crippen molar-refractivity contribution in [1.29, 1.82) is 0 Å². The summed E-state index contributed by atoms with van der Waals surface area (Å²) in [5, 5.41) is 5.98. The van der Waals surface area contributed by atoms with E-state index in [1.165, 1.54) is 0 Å². The molecule has 2 heterocycles. The fourth-order valence-electron chi connectivity index (χ4n) is 3.40. The van der Waals surface area contributed by atoms with Crippen LogP contribution >= 0.6 is 0 Å². The van der Waals surface area contributed by atoms with E-state index in [2.05, 4.69) is 17.6 Å². The lowest BCUT2D eigenvalue weighted by molar-refractivity contribution is -0.119. The van der Waals surface area contributed by atoms with Crippen molar-refractivity contribution in [3.8, 4) is 0 Å². The zero-order valence-electron chi connectivity index (χ0n) is 15.5. The quantitative estimate of drug-likeness (QED) is 0.817. The van der Waals surface area contributed by atoms with Crippen LogP contribution in [0.3, 0.4) is 0 Å². The maximum atomic E-state index is 12.5. The van der Waals surface area contributed by atoms with Gasteiger partial charge in [0.15, 0.2) is 0 Å². The molecule has 2 amide bonds. The lowest BCUT2D eigenvalue weighted by Crippen LogP contribution is -2.37. The van der Waals surface area contributed by atoms with Crippen LogP contribution < -0.4 is 10.6 Å². The molecule has 2 saturated heterocycles. The van der Waals surface area contributed by atoms with Crippen molar-refractivity contribution < 1.29 is 14.3 Å². The van der Waals surface area contributed by atoms with E-state index in [1.807, 2.05) is 29.2 Å². The molecule has 3 rings (SSSR count). The SMILES string of the molecule is CC1CCN(C(=O)c2ccc(NCC(=O)NCC3CCCO3)cc2)CC1. The highest BCUT2D eigenvalue weighted by Crippen LogP contribution is 2.19. The number of carbonyl (C=O) groups excluding carboxylic acids is 2. The van der Waals surface area contributed by atoms with Gasteiger partial charge in [0, 0.05) is 37.5 Å². The Hall–Kier alpha value is -2.08. The number of anilines is 1. The van der Waals surface area contributed by atoms with Crippen molar-refractivity contribution in [3.05, 3.63) is 29.8 Å². The number of carbonyl (C=O) groups is 2. The maximum Gasteiger partial charge on any atom is 0.253 e. The third-order valence-electron chi connectivity index (χ3n) is 5.21. The lowest BCUT2D eigenvalue weighted by Gasteiger charge is -2.30. The topological polar surface area (TPSA) is 70.7 Å². The summed E-state index contributed by atoms with van der Waals surface area (Å²) < 4.78 is 5.49. The van der Waals surface area contributed by atoms with E-state index in [9.17, 15) is 9.59 Å². The molecule has 6 heteroatoms. The minimum atomic E-state index is -0.0527. The van der Waals surface area contributed by atoms with Gasteiger partial charge in [0.05, 0.1) is 12.6 Å². The Bertz CT molecular complexity index is 603. The van der Waals surface area contributed by atoms with E-state index in [1.54, 1.807) is 0 Å². The van der Waals surface area contributed by atoms with E-state index in [4.69, 9.17) is 4.74 Å². The van der Waals surface area contributed by atoms with E-state index in [0.717, 1.165) is 51.1 Å². The molecule has 1 aromatic rings. The van der Waals surface area contributed by atoms with E-state index >= 15 is 0 Å². The molecule has 2 aliphatic heterocycles. The fourth-order valence-corrected chi connectivity index (χ4v) is 3.40. The van der Waals surface area contributed by atoms with Gasteiger partial charge in [0.1, 0.15) is 0 Å². The summed E-state index contributed by atoms with van der Waals surface area (Å²) in [4.78, 5) is 26.3. The molecular weight excluding hydrogens is 330 g/mol. The Kier molecular flexibility index (Phi) is 6.50. The van der Waals surface area contributed by atoms with Gasteiger partial charge in [-0.3, -0.25) is 9.59 Å². The second kappa shape index (κ2) is 9.03. The minimum absolute atomic E-state index is 0.0527. The summed E-state index contributed by atoms with van der Waals surface area (Å²) in [7, 11) is 0. The van der Waals surface area contributed by atoms with Crippen molar-refractivity contribution >= 4 is 17.5 Å². The van der Waals surface area contributed by atoms with Gasteiger partial charge in [-0.15, -0.1) is 0 Å². The van der Waals surface area contributed by atoms with Crippen LogP contribution in [0.1, 0.15) is 43.0 Å². The smallest absolute Gasteiger partial charge is 0.253 e. The summed E-state index contributed by atoms with van der Waals surface area (Å²) in [6.07, 6.45) is 4.39. The number of likely N-dealkylation sites (tertiary alicyclic amines) is 1. The van der Waals surface area contributed by atoms with Crippen LogP contribution in [-0.4, -0.2) is 55.6 Å². The number of nitrogens with one attached hydrogen (secondary N) is 2. The normalized spacial score (nSPS) is 20.8. The largest absolute Gasteiger partial charge is 0.376 e. The van der Waals surface area contributed by atoms with Gasteiger partial charge in [-0.25, -0.2) is 0 Å². The highest BCUT2D eigenvalue weighted by Gasteiger charge is 2.21. The van der Waals surface area contributed by atoms with Crippen LogP contribution in [0.5, 0.6) is 0 Å². The Morgan fingerprint density at radius 1 is 1.15 bits per heavy atom. The maximum absolute atomic E-state index is 12.5. The fraction of sp³-hybridized carbons (Fsp3) is 0.600. The van der Waals surface area contributed by atoms with Gasteiger partial charge in [-0.1, -0.05) is 6.92 Å². The summed E-state index contributed by atoms with van der Waals surface area (Å²) >= 11 is 0. The monoisotopic (exact) mass is 359 g/mol. The molecular formula is C20H29N3O3. The molecule has 1 atom stereocenters. The number of ether oxygens (including phenoxy) is 1. The van der Waals surface area contributed by atoms with Gasteiger partial charge >= 0.3 is 0 Å². The second-order valence-electron chi connectivity index (χ2n) is 7.34. The molecule has 26 heavy (non-hydrogen) atoms. The Labute approximate surface area is 155 Å². The molecule has 2 aliphatic rings. The van der Waals surface area contributed by atoms with Crippen molar-refractivity contribution in [1.82, 2.24) is 10.2 Å². The van der Waals surface area contributed by atoms with Crippen LogP contribution in [0.15, 0.2) is 24.3 Å². The first-order chi connectivity index (χ1) is 12.6. The standard InChI is InChI=1S/C20H29N3O3/c1-15-8-10-23(11-9-15)20(25)16-4-6-17(7-5-16)21-14-19(24)22-13-18-3-2-12-26-18/h4-7,15,18,21H,2-3,8-14H2,1H3,(H,22,24). The Morgan fingerprint density at radius 3 is 2.54 bits per heavy atom. The number of rotatable bonds is 6. The molecule has 0 aliphatic carbocycles. The number of hydrogen-bond acceptors (Lipinski definition) is 4. The molecule has 1 unspecified atom stereocenters. The second-order valence-corrected chi connectivity index (χ2v) is 7.34. The summed E-state index contributed by atoms with van der Waals surface area (Å²) in [5.74, 6) is 0.748. The Balaban J connectivity index is 1.42. The Morgan fingerprint density at radius 2 is 1.88 bits per heavy atom. The highest BCUT2D eigenvalue weighted by molar-refractivity contribution is 5.94. The van der Waals surface area contributed by atoms with E-state index in [-0.39, 0.29) is 24.5 Å². The third-order valence-corrected chi connectivity index (χ3v) is 5.21. The first-order valence-electron chi connectivity index (χ1n) is 9.63. The van der Waals surface area contributed by atoms with Gasteiger partial charge in [0.2, 0.25) is 5.91 Å². The van der Waals surface area contributed by atoms with Gasteiger partial charge < -0.3 is 20.3 Å². The van der Waals surface area contributed by atoms with Crippen LogP contribution in [0, 0.1) is 5.92 Å². The van der Waals surface area contributed by atoms with Crippen molar-refractivity contribution in [2.75, 3.05) is 38.1 Å². The average Bonchev–Trinajstić information content (AvgIpc) is 3.19. The van der Waals surface area contributed by atoms with Crippen LogP contribution in [0.2, 0.25) is 0 Å². The third kappa shape index (κ3) is 5.21. The lowest BCUT2D eigenvalue weighted by atomic mass is 9.98. The van der Waals surface area contributed by atoms with Crippen molar-refractivity contribution in [2.24, 2.45) is 5.92 Å².